The number of nitrogens with zero attached hydrogens (tertiary/aromatic N) is 2. The maximum atomic E-state index is 11.9. The van der Waals surface area contributed by atoms with Crippen molar-refractivity contribution in [3.8, 4) is 0 Å². The van der Waals surface area contributed by atoms with Crippen molar-refractivity contribution in [1.82, 2.24) is 10.2 Å². The zero-order valence-corrected chi connectivity index (χ0v) is 13.1. The van der Waals surface area contributed by atoms with E-state index in [0.29, 0.717) is 6.54 Å². The van der Waals surface area contributed by atoms with Crippen LogP contribution in [0, 0.1) is 0 Å². The number of hydrogen-bond donors (Lipinski definition) is 2. The molecule has 1 aliphatic heterocycles. The first kappa shape index (κ1) is 16.1. The Labute approximate surface area is 130 Å². The lowest BCUT2D eigenvalue weighted by Crippen LogP contribution is -2.45. The minimum atomic E-state index is -0.901. The number of urea groups is 1. The highest BCUT2D eigenvalue weighted by atomic mass is 16.4. The SMILES string of the molecule is CC(CNC(=O)N(C)CCC(=O)O)N1CCc2ccccc21. The molecule has 6 heteroatoms. The Bertz CT molecular complexity index is 547. The van der Waals surface area contributed by atoms with E-state index in [1.54, 1.807) is 7.05 Å². The van der Waals surface area contributed by atoms with Crippen LogP contribution in [0.3, 0.4) is 0 Å². The van der Waals surface area contributed by atoms with E-state index in [0.717, 1.165) is 13.0 Å². The molecule has 0 bridgehead atoms. The van der Waals surface area contributed by atoms with Crippen LogP contribution in [0.4, 0.5) is 10.5 Å². The highest BCUT2D eigenvalue weighted by Gasteiger charge is 2.23. The van der Waals surface area contributed by atoms with Gasteiger partial charge < -0.3 is 20.2 Å². The van der Waals surface area contributed by atoms with Crippen LogP contribution in [0.1, 0.15) is 18.9 Å². The monoisotopic (exact) mass is 305 g/mol. The van der Waals surface area contributed by atoms with Gasteiger partial charge in [0, 0.05) is 38.4 Å². The number of rotatable bonds is 6. The molecular formula is C16H23N3O3. The molecule has 0 radical (unpaired) electrons. The summed E-state index contributed by atoms with van der Waals surface area (Å²) in [6, 6.07) is 8.29. The number of carbonyl (C=O) groups is 2. The second-order valence-electron chi connectivity index (χ2n) is 5.67. The van der Waals surface area contributed by atoms with Gasteiger partial charge in [0.2, 0.25) is 0 Å². The van der Waals surface area contributed by atoms with Crippen LogP contribution in [-0.2, 0) is 11.2 Å². The predicted octanol–water partition coefficient (Wildman–Crippen LogP) is 1.55. The molecule has 0 aromatic heterocycles. The van der Waals surface area contributed by atoms with Crippen LogP contribution in [0.25, 0.3) is 0 Å². The van der Waals surface area contributed by atoms with E-state index in [2.05, 4.69) is 29.3 Å². The Morgan fingerprint density at radius 2 is 2.14 bits per heavy atom. The summed E-state index contributed by atoms with van der Waals surface area (Å²) in [5.41, 5.74) is 2.59. The number of nitrogens with one attached hydrogen (secondary N) is 1. The minimum absolute atomic E-state index is 0.0427. The van der Waals surface area contributed by atoms with Crippen molar-refractivity contribution < 1.29 is 14.7 Å². The van der Waals surface area contributed by atoms with E-state index >= 15 is 0 Å². The molecule has 1 atom stereocenters. The molecule has 2 N–H and O–H groups in total. The third kappa shape index (κ3) is 3.90. The summed E-state index contributed by atoms with van der Waals surface area (Å²) in [7, 11) is 1.61. The maximum absolute atomic E-state index is 11.9. The van der Waals surface area contributed by atoms with Gasteiger partial charge in [0.05, 0.1) is 6.42 Å². The molecule has 1 aromatic rings. The summed E-state index contributed by atoms with van der Waals surface area (Å²) in [6.07, 6.45) is 0.992. The van der Waals surface area contributed by atoms with Gasteiger partial charge in [-0.1, -0.05) is 18.2 Å². The second-order valence-corrected chi connectivity index (χ2v) is 5.67. The summed E-state index contributed by atoms with van der Waals surface area (Å²) in [5.74, 6) is -0.901. The van der Waals surface area contributed by atoms with Crippen molar-refractivity contribution in [2.75, 3.05) is 31.6 Å². The van der Waals surface area contributed by atoms with Gasteiger partial charge in [0.1, 0.15) is 0 Å². The zero-order valence-electron chi connectivity index (χ0n) is 13.1. The molecule has 6 nitrogen and oxygen atoms in total. The van der Waals surface area contributed by atoms with Gasteiger partial charge in [-0.15, -0.1) is 0 Å². The molecule has 0 spiro atoms. The molecule has 0 aliphatic carbocycles. The lowest BCUT2D eigenvalue weighted by molar-refractivity contribution is -0.137. The summed E-state index contributed by atoms with van der Waals surface area (Å²) in [6.45, 7) is 3.79. The first-order chi connectivity index (χ1) is 10.5. The van der Waals surface area contributed by atoms with Crippen molar-refractivity contribution in [2.45, 2.75) is 25.8 Å². The van der Waals surface area contributed by atoms with Crippen molar-refractivity contribution in [1.29, 1.82) is 0 Å². The Kier molecular flexibility index (Phi) is 5.25. The first-order valence-electron chi connectivity index (χ1n) is 7.54. The van der Waals surface area contributed by atoms with E-state index in [9.17, 15) is 9.59 Å². The third-order valence-corrected chi connectivity index (χ3v) is 4.01. The van der Waals surface area contributed by atoms with Crippen LogP contribution >= 0.6 is 0 Å². The number of hydrogen-bond acceptors (Lipinski definition) is 3. The van der Waals surface area contributed by atoms with Gasteiger partial charge in [-0.2, -0.15) is 0 Å². The smallest absolute Gasteiger partial charge is 0.317 e. The van der Waals surface area contributed by atoms with Crippen LogP contribution < -0.4 is 10.2 Å². The topological polar surface area (TPSA) is 72.9 Å². The van der Waals surface area contributed by atoms with Crippen molar-refractivity contribution in [2.24, 2.45) is 0 Å². The van der Waals surface area contributed by atoms with Crippen LogP contribution in [0.15, 0.2) is 24.3 Å². The highest BCUT2D eigenvalue weighted by Crippen LogP contribution is 2.28. The minimum Gasteiger partial charge on any atom is -0.481 e. The average molecular weight is 305 g/mol. The number of carboxylic acid groups (broad SMARTS) is 1. The molecule has 0 fully saturated rings. The van der Waals surface area contributed by atoms with Gasteiger partial charge >= 0.3 is 12.0 Å². The van der Waals surface area contributed by atoms with E-state index in [1.165, 1.54) is 16.2 Å². The molecular weight excluding hydrogens is 282 g/mol. The second kappa shape index (κ2) is 7.15. The molecule has 120 valence electrons. The summed E-state index contributed by atoms with van der Waals surface area (Å²) in [4.78, 5) is 26.1. The number of amides is 2. The number of aliphatic carboxylic acids is 1. The Morgan fingerprint density at radius 1 is 1.41 bits per heavy atom. The summed E-state index contributed by atoms with van der Waals surface area (Å²) < 4.78 is 0. The standard InChI is InChI=1S/C16H23N3O3/c1-12(11-17-16(22)18(2)9-8-15(20)21)19-10-7-13-5-3-4-6-14(13)19/h3-6,12H,7-11H2,1-2H3,(H,17,22)(H,20,21). The molecule has 2 rings (SSSR count). The number of anilines is 1. The zero-order chi connectivity index (χ0) is 16.1. The molecule has 1 unspecified atom stereocenters. The highest BCUT2D eigenvalue weighted by molar-refractivity contribution is 5.75. The Hall–Kier alpha value is -2.24. The molecule has 1 aliphatic rings. The summed E-state index contributed by atoms with van der Waals surface area (Å²) in [5, 5.41) is 11.5. The first-order valence-corrected chi connectivity index (χ1v) is 7.54. The Balaban J connectivity index is 1.82. The number of benzene rings is 1. The van der Waals surface area contributed by atoms with E-state index < -0.39 is 5.97 Å². The fraction of sp³-hybridized carbons (Fsp3) is 0.500. The van der Waals surface area contributed by atoms with Crippen LogP contribution in [0.2, 0.25) is 0 Å². The van der Waals surface area contributed by atoms with Gasteiger partial charge in [-0.3, -0.25) is 4.79 Å². The quantitative estimate of drug-likeness (QED) is 0.836. The third-order valence-electron chi connectivity index (χ3n) is 4.01. The predicted molar refractivity (Wildman–Crippen MR) is 85.2 cm³/mol. The fourth-order valence-electron chi connectivity index (χ4n) is 2.67. The van der Waals surface area contributed by atoms with Crippen molar-refractivity contribution in [3.63, 3.8) is 0 Å². The van der Waals surface area contributed by atoms with Crippen LogP contribution in [0.5, 0.6) is 0 Å². The van der Waals surface area contributed by atoms with Gasteiger partial charge in [0.15, 0.2) is 0 Å². The normalized spacial score (nSPS) is 14.4. The van der Waals surface area contributed by atoms with E-state index in [4.69, 9.17) is 5.11 Å². The number of fused-ring (bicyclic) bond motifs is 1. The Morgan fingerprint density at radius 3 is 2.86 bits per heavy atom. The molecule has 1 heterocycles. The maximum Gasteiger partial charge on any atom is 0.317 e. The summed E-state index contributed by atoms with van der Waals surface area (Å²) >= 11 is 0. The molecule has 22 heavy (non-hydrogen) atoms. The van der Waals surface area contributed by atoms with Gasteiger partial charge in [-0.25, -0.2) is 4.79 Å². The van der Waals surface area contributed by atoms with Gasteiger partial charge in [-0.05, 0) is 25.0 Å². The average Bonchev–Trinajstić information content (AvgIpc) is 2.93. The van der Waals surface area contributed by atoms with E-state index in [-0.39, 0.29) is 25.0 Å². The van der Waals surface area contributed by atoms with E-state index in [1.807, 2.05) is 12.1 Å². The fourth-order valence-corrected chi connectivity index (χ4v) is 2.67. The lowest BCUT2D eigenvalue weighted by atomic mass is 10.2. The number of carbonyl (C=O) groups excluding carboxylic acids is 1. The van der Waals surface area contributed by atoms with Gasteiger partial charge in [0.25, 0.3) is 0 Å². The van der Waals surface area contributed by atoms with Crippen molar-refractivity contribution in [3.05, 3.63) is 29.8 Å². The molecule has 1 aromatic carbocycles. The molecule has 0 saturated carbocycles. The number of para-hydroxylation sites is 1. The number of carboxylic acids is 1. The van der Waals surface area contributed by atoms with Crippen molar-refractivity contribution >= 4 is 17.7 Å². The largest absolute Gasteiger partial charge is 0.481 e. The molecule has 0 saturated heterocycles. The van der Waals surface area contributed by atoms with Crippen LogP contribution in [-0.4, -0.2) is 54.7 Å². The molecule has 2 amide bonds. The lowest BCUT2D eigenvalue weighted by Gasteiger charge is -2.28.